The van der Waals surface area contributed by atoms with Crippen LogP contribution in [-0.2, 0) is 13.1 Å². The van der Waals surface area contributed by atoms with Crippen molar-refractivity contribution < 1.29 is 4.74 Å². The monoisotopic (exact) mass is 323 g/mol. The molecule has 23 heavy (non-hydrogen) atoms. The Labute approximate surface area is 141 Å². The van der Waals surface area contributed by atoms with E-state index in [2.05, 4.69) is 27.9 Å². The molecule has 0 saturated heterocycles. The molecule has 0 atom stereocenters. The van der Waals surface area contributed by atoms with Gasteiger partial charge in [-0.3, -0.25) is 9.97 Å². The summed E-state index contributed by atoms with van der Waals surface area (Å²) in [5, 5.41) is 3.41. The molecular formula is C18H17N3OS. The fourth-order valence-electron chi connectivity index (χ4n) is 2.15. The van der Waals surface area contributed by atoms with Crippen LogP contribution in [0.2, 0.25) is 0 Å². The van der Waals surface area contributed by atoms with Crippen molar-refractivity contribution in [2.24, 2.45) is 0 Å². The predicted molar refractivity (Wildman–Crippen MR) is 92.8 cm³/mol. The van der Waals surface area contributed by atoms with Gasteiger partial charge in [0.15, 0.2) is 0 Å². The van der Waals surface area contributed by atoms with Crippen molar-refractivity contribution in [1.29, 1.82) is 0 Å². The maximum Gasteiger partial charge on any atom is 0.145 e. The summed E-state index contributed by atoms with van der Waals surface area (Å²) in [6.45, 7) is 1.49. The third-order valence-electron chi connectivity index (χ3n) is 3.31. The Morgan fingerprint density at radius 3 is 2.57 bits per heavy atom. The van der Waals surface area contributed by atoms with E-state index in [4.69, 9.17) is 4.74 Å². The molecule has 0 amide bonds. The number of hydrogen-bond acceptors (Lipinski definition) is 5. The van der Waals surface area contributed by atoms with Crippen LogP contribution in [-0.4, -0.2) is 9.97 Å². The van der Waals surface area contributed by atoms with E-state index in [-0.39, 0.29) is 0 Å². The lowest BCUT2D eigenvalue weighted by Gasteiger charge is -2.11. The van der Waals surface area contributed by atoms with Crippen LogP contribution in [0.3, 0.4) is 0 Å². The number of aromatic nitrogens is 2. The lowest BCUT2D eigenvalue weighted by atomic mass is 10.2. The first-order chi connectivity index (χ1) is 11.3. The van der Waals surface area contributed by atoms with E-state index < -0.39 is 0 Å². The standard InChI is InChI=1S/C18H17N3OS/c23-18-4-3-16(22-17-2-1-7-20-13-17)10-15(18)12-21-11-14-5-8-19-9-6-14/h1-10,13,21,23H,11-12H2. The first-order valence-electron chi connectivity index (χ1n) is 7.30. The molecule has 3 aromatic rings. The number of rotatable bonds is 6. The molecule has 0 radical (unpaired) electrons. The van der Waals surface area contributed by atoms with E-state index in [0.717, 1.165) is 28.5 Å². The van der Waals surface area contributed by atoms with E-state index >= 15 is 0 Å². The maximum absolute atomic E-state index is 5.81. The van der Waals surface area contributed by atoms with Gasteiger partial charge >= 0.3 is 0 Å². The Morgan fingerprint density at radius 1 is 0.913 bits per heavy atom. The van der Waals surface area contributed by atoms with Crippen molar-refractivity contribution in [1.82, 2.24) is 15.3 Å². The van der Waals surface area contributed by atoms with Crippen LogP contribution in [0, 0.1) is 0 Å². The third kappa shape index (κ3) is 4.55. The minimum atomic E-state index is 0.714. The molecule has 5 heteroatoms. The van der Waals surface area contributed by atoms with Gasteiger partial charge in [0.1, 0.15) is 11.5 Å². The maximum atomic E-state index is 5.81. The zero-order valence-corrected chi connectivity index (χ0v) is 13.4. The van der Waals surface area contributed by atoms with E-state index in [1.54, 1.807) is 24.8 Å². The van der Waals surface area contributed by atoms with Gasteiger partial charge in [-0.2, -0.15) is 0 Å². The first kappa shape index (κ1) is 15.5. The summed E-state index contributed by atoms with van der Waals surface area (Å²) in [5.41, 5.74) is 2.28. The summed E-state index contributed by atoms with van der Waals surface area (Å²) in [4.78, 5) is 9.00. The first-order valence-corrected chi connectivity index (χ1v) is 7.75. The Bertz CT molecular complexity index is 751. The van der Waals surface area contributed by atoms with Gasteiger partial charge in [-0.25, -0.2) is 0 Å². The van der Waals surface area contributed by atoms with Gasteiger partial charge < -0.3 is 10.1 Å². The minimum Gasteiger partial charge on any atom is -0.456 e. The molecule has 2 heterocycles. The van der Waals surface area contributed by atoms with Gasteiger partial charge in [0.2, 0.25) is 0 Å². The Hall–Kier alpha value is -2.37. The minimum absolute atomic E-state index is 0.714. The molecule has 116 valence electrons. The molecule has 1 N–H and O–H groups in total. The Kier molecular flexibility index (Phi) is 5.24. The lowest BCUT2D eigenvalue weighted by molar-refractivity contribution is 0.478. The molecule has 0 unspecified atom stereocenters. The average molecular weight is 323 g/mol. The molecule has 4 nitrogen and oxygen atoms in total. The molecule has 3 rings (SSSR count). The number of thiol groups is 1. The normalized spacial score (nSPS) is 10.5. The second-order valence-corrected chi connectivity index (χ2v) is 5.52. The average Bonchev–Trinajstić information content (AvgIpc) is 2.59. The summed E-state index contributed by atoms with van der Waals surface area (Å²) in [5.74, 6) is 1.49. The van der Waals surface area contributed by atoms with Gasteiger partial charge in [0.25, 0.3) is 0 Å². The molecular weight excluding hydrogens is 306 g/mol. The SMILES string of the molecule is Sc1ccc(Oc2cccnc2)cc1CNCc1ccncc1. The fraction of sp³-hybridized carbons (Fsp3) is 0.111. The highest BCUT2D eigenvalue weighted by Crippen LogP contribution is 2.25. The number of hydrogen-bond donors (Lipinski definition) is 2. The van der Waals surface area contributed by atoms with E-state index in [0.29, 0.717) is 6.54 Å². The molecule has 0 spiro atoms. The van der Waals surface area contributed by atoms with E-state index in [9.17, 15) is 0 Å². The largest absolute Gasteiger partial charge is 0.456 e. The summed E-state index contributed by atoms with van der Waals surface area (Å²) in [6, 6.07) is 13.6. The summed E-state index contributed by atoms with van der Waals surface area (Å²) >= 11 is 4.51. The van der Waals surface area contributed by atoms with Crippen molar-refractivity contribution in [3.8, 4) is 11.5 Å². The molecule has 0 aliphatic rings. The van der Waals surface area contributed by atoms with Crippen LogP contribution in [0.25, 0.3) is 0 Å². The molecule has 0 fully saturated rings. The van der Waals surface area contributed by atoms with Crippen molar-refractivity contribution in [3.63, 3.8) is 0 Å². The number of nitrogens with zero attached hydrogens (tertiary/aromatic N) is 2. The van der Waals surface area contributed by atoms with Crippen LogP contribution < -0.4 is 10.1 Å². The highest BCUT2D eigenvalue weighted by Gasteiger charge is 2.04. The number of benzene rings is 1. The third-order valence-corrected chi connectivity index (χ3v) is 3.75. The van der Waals surface area contributed by atoms with Gasteiger partial charge in [-0.05, 0) is 53.6 Å². The van der Waals surface area contributed by atoms with Crippen molar-refractivity contribution >= 4 is 12.6 Å². The van der Waals surface area contributed by atoms with E-state index in [1.807, 2.05) is 42.5 Å². The van der Waals surface area contributed by atoms with Crippen molar-refractivity contribution in [2.45, 2.75) is 18.0 Å². The summed E-state index contributed by atoms with van der Waals surface area (Å²) in [7, 11) is 0. The topological polar surface area (TPSA) is 47.0 Å². The van der Waals surface area contributed by atoms with Gasteiger partial charge in [0.05, 0.1) is 6.20 Å². The second-order valence-electron chi connectivity index (χ2n) is 5.04. The van der Waals surface area contributed by atoms with Crippen LogP contribution in [0.4, 0.5) is 0 Å². The smallest absolute Gasteiger partial charge is 0.145 e. The molecule has 0 bridgehead atoms. The summed E-state index contributed by atoms with van der Waals surface area (Å²) in [6.07, 6.45) is 7.00. The number of nitrogens with one attached hydrogen (secondary N) is 1. The van der Waals surface area contributed by atoms with Crippen LogP contribution in [0.15, 0.2) is 72.1 Å². The number of ether oxygens (including phenoxy) is 1. The van der Waals surface area contributed by atoms with E-state index in [1.165, 1.54) is 5.56 Å². The van der Waals surface area contributed by atoms with Gasteiger partial charge in [-0.1, -0.05) is 0 Å². The molecule has 1 aromatic carbocycles. The van der Waals surface area contributed by atoms with Crippen LogP contribution in [0.1, 0.15) is 11.1 Å². The molecule has 0 aliphatic carbocycles. The lowest BCUT2D eigenvalue weighted by Crippen LogP contribution is -2.13. The zero-order chi connectivity index (χ0) is 15.9. The van der Waals surface area contributed by atoms with Crippen LogP contribution >= 0.6 is 12.6 Å². The molecule has 0 aliphatic heterocycles. The predicted octanol–water partition coefficient (Wildman–Crippen LogP) is 3.85. The summed E-state index contributed by atoms with van der Waals surface area (Å²) < 4.78 is 5.81. The highest BCUT2D eigenvalue weighted by atomic mass is 32.1. The highest BCUT2D eigenvalue weighted by molar-refractivity contribution is 7.80. The van der Waals surface area contributed by atoms with Gasteiger partial charge in [-0.15, -0.1) is 12.6 Å². The number of pyridine rings is 2. The quantitative estimate of drug-likeness (QED) is 0.677. The fourth-order valence-corrected chi connectivity index (χ4v) is 2.37. The Morgan fingerprint density at radius 2 is 1.78 bits per heavy atom. The van der Waals surface area contributed by atoms with Crippen molar-refractivity contribution in [3.05, 3.63) is 78.4 Å². The van der Waals surface area contributed by atoms with Crippen LogP contribution in [0.5, 0.6) is 11.5 Å². The van der Waals surface area contributed by atoms with Crippen molar-refractivity contribution in [2.75, 3.05) is 0 Å². The molecule has 0 saturated carbocycles. The van der Waals surface area contributed by atoms with Gasteiger partial charge in [0, 0.05) is 36.6 Å². The Balaban J connectivity index is 1.63. The molecule has 2 aromatic heterocycles. The second kappa shape index (κ2) is 7.76. The zero-order valence-electron chi connectivity index (χ0n) is 12.5.